The first-order valence-corrected chi connectivity index (χ1v) is 8.31. The number of rotatable bonds is 6. The molecule has 1 aromatic heterocycles. The molecule has 23 heavy (non-hydrogen) atoms. The van der Waals surface area contributed by atoms with Gasteiger partial charge >= 0.3 is 0 Å². The average Bonchev–Trinajstić information content (AvgIpc) is 2.83. The lowest BCUT2D eigenvalue weighted by atomic mass is 9.95. The van der Waals surface area contributed by atoms with Crippen LogP contribution in [-0.4, -0.2) is 21.2 Å². The molecule has 2 rings (SSSR count). The Labute approximate surface area is 138 Å². The molecule has 1 heterocycles. The minimum Gasteiger partial charge on any atom is -0.351 e. The zero-order valence-corrected chi connectivity index (χ0v) is 14.8. The monoisotopic (exact) mass is 313 g/mol. The molecule has 0 saturated heterocycles. The number of para-hydroxylation sites is 1. The molecular weight excluding hydrogens is 286 g/mol. The van der Waals surface area contributed by atoms with E-state index in [4.69, 9.17) is 0 Å². The molecule has 2 aromatic rings. The summed E-state index contributed by atoms with van der Waals surface area (Å²) in [6.07, 6.45) is 2.23. The predicted molar refractivity (Wildman–Crippen MR) is 93.9 cm³/mol. The van der Waals surface area contributed by atoms with Gasteiger partial charge in [0.25, 0.3) is 0 Å². The maximum atomic E-state index is 12.4. The van der Waals surface area contributed by atoms with Gasteiger partial charge in [0.05, 0.1) is 17.8 Å². The standard InChI is InChI=1S/C19H27N3O/c1-6-19(5,7-2)20-18(23)13-17-14(3)21-22(15(17)4)16-11-9-8-10-12-16/h8-12H,6-7,13H2,1-5H3,(H,20,23). The third-order valence-corrected chi connectivity index (χ3v) is 4.78. The summed E-state index contributed by atoms with van der Waals surface area (Å²) in [6, 6.07) is 10.0. The summed E-state index contributed by atoms with van der Waals surface area (Å²) in [5.74, 6) is 0.0648. The van der Waals surface area contributed by atoms with Crippen LogP contribution in [0.5, 0.6) is 0 Å². The summed E-state index contributed by atoms with van der Waals surface area (Å²) in [5.41, 5.74) is 3.84. The molecule has 1 aromatic carbocycles. The van der Waals surface area contributed by atoms with Crippen LogP contribution in [0.4, 0.5) is 0 Å². The fourth-order valence-corrected chi connectivity index (χ4v) is 2.72. The second-order valence-electron chi connectivity index (χ2n) is 6.39. The Morgan fingerprint density at radius 2 is 1.78 bits per heavy atom. The number of nitrogens with zero attached hydrogens (tertiary/aromatic N) is 2. The van der Waals surface area contributed by atoms with Gasteiger partial charge in [0.2, 0.25) is 5.91 Å². The highest BCUT2D eigenvalue weighted by molar-refractivity contribution is 5.80. The third kappa shape index (κ3) is 3.81. The van der Waals surface area contributed by atoms with Crippen molar-refractivity contribution in [3.8, 4) is 5.69 Å². The summed E-state index contributed by atoms with van der Waals surface area (Å²) in [7, 11) is 0. The summed E-state index contributed by atoms with van der Waals surface area (Å²) < 4.78 is 1.91. The van der Waals surface area contributed by atoms with Crippen LogP contribution in [0.1, 0.15) is 50.6 Å². The lowest BCUT2D eigenvalue weighted by molar-refractivity contribution is -0.122. The SMILES string of the molecule is CCC(C)(CC)NC(=O)Cc1c(C)nn(-c2ccccc2)c1C. The minimum atomic E-state index is -0.131. The van der Waals surface area contributed by atoms with Crippen LogP contribution in [0.2, 0.25) is 0 Å². The van der Waals surface area contributed by atoms with Crippen molar-refractivity contribution in [1.29, 1.82) is 0 Å². The molecule has 0 radical (unpaired) electrons. The molecule has 1 N–H and O–H groups in total. The van der Waals surface area contributed by atoms with E-state index in [-0.39, 0.29) is 11.4 Å². The van der Waals surface area contributed by atoms with Crippen molar-refractivity contribution in [2.24, 2.45) is 0 Å². The molecule has 0 saturated carbocycles. The number of nitrogens with one attached hydrogen (secondary N) is 1. The molecule has 0 fully saturated rings. The summed E-state index contributed by atoms with van der Waals surface area (Å²) in [6.45, 7) is 10.3. The van der Waals surface area contributed by atoms with Crippen molar-refractivity contribution >= 4 is 5.91 Å². The minimum absolute atomic E-state index is 0.0648. The molecule has 0 atom stereocenters. The van der Waals surface area contributed by atoms with E-state index in [1.54, 1.807) is 0 Å². The smallest absolute Gasteiger partial charge is 0.224 e. The van der Waals surface area contributed by atoms with Crippen molar-refractivity contribution in [2.75, 3.05) is 0 Å². The molecule has 0 aliphatic heterocycles. The van der Waals surface area contributed by atoms with E-state index in [2.05, 4.69) is 31.2 Å². The maximum Gasteiger partial charge on any atom is 0.224 e. The normalized spacial score (nSPS) is 11.5. The molecule has 124 valence electrons. The van der Waals surface area contributed by atoms with Crippen LogP contribution in [0.3, 0.4) is 0 Å². The maximum absolute atomic E-state index is 12.4. The Morgan fingerprint density at radius 1 is 1.17 bits per heavy atom. The van der Waals surface area contributed by atoms with Gasteiger partial charge in [-0.15, -0.1) is 0 Å². The highest BCUT2D eigenvalue weighted by Crippen LogP contribution is 2.19. The molecule has 4 nitrogen and oxygen atoms in total. The van der Waals surface area contributed by atoms with Crippen LogP contribution < -0.4 is 5.32 Å². The Hall–Kier alpha value is -2.10. The second-order valence-corrected chi connectivity index (χ2v) is 6.39. The van der Waals surface area contributed by atoms with Gasteiger partial charge in [0, 0.05) is 16.8 Å². The molecule has 0 aliphatic carbocycles. The van der Waals surface area contributed by atoms with Crippen molar-refractivity contribution in [3.05, 3.63) is 47.3 Å². The van der Waals surface area contributed by atoms with Gasteiger partial charge in [0.1, 0.15) is 0 Å². The van der Waals surface area contributed by atoms with Crippen molar-refractivity contribution < 1.29 is 4.79 Å². The zero-order valence-electron chi connectivity index (χ0n) is 14.8. The van der Waals surface area contributed by atoms with Crippen molar-refractivity contribution in [3.63, 3.8) is 0 Å². The number of carbonyl (C=O) groups excluding carboxylic acids is 1. The Kier molecular flexibility index (Phi) is 5.24. The molecule has 1 amide bonds. The molecule has 0 spiro atoms. The van der Waals surface area contributed by atoms with E-state index in [9.17, 15) is 4.79 Å². The van der Waals surface area contributed by atoms with Gasteiger partial charge in [0.15, 0.2) is 0 Å². The van der Waals surface area contributed by atoms with Crippen LogP contribution in [0.25, 0.3) is 5.69 Å². The third-order valence-electron chi connectivity index (χ3n) is 4.78. The van der Waals surface area contributed by atoms with Crippen LogP contribution >= 0.6 is 0 Å². The van der Waals surface area contributed by atoms with Gasteiger partial charge in [-0.05, 0) is 45.7 Å². The first kappa shape index (κ1) is 17.3. The number of hydrogen-bond donors (Lipinski definition) is 1. The highest BCUT2D eigenvalue weighted by atomic mass is 16.1. The summed E-state index contributed by atoms with van der Waals surface area (Å²) in [4.78, 5) is 12.4. The fourth-order valence-electron chi connectivity index (χ4n) is 2.72. The van der Waals surface area contributed by atoms with E-state index in [0.717, 1.165) is 35.5 Å². The van der Waals surface area contributed by atoms with E-state index in [0.29, 0.717) is 6.42 Å². The van der Waals surface area contributed by atoms with Gasteiger partial charge in [-0.2, -0.15) is 5.10 Å². The van der Waals surface area contributed by atoms with E-state index >= 15 is 0 Å². The van der Waals surface area contributed by atoms with Crippen LogP contribution in [0, 0.1) is 13.8 Å². The fraction of sp³-hybridized carbons (Fsp3) is 0.474. The van der Waals surface area contributed by atoms with Crippen molar-refractivity contribution in [1.82, 2.24) is 15.1 Å². The molecule has 0 unspecified atom stereocenters. The Bertz CT molecular complexity index is 669. The number of amides is 1. The highest BCUT2D eigenvalue weighted by Gasteiger charge is 2.23. The number of aryl methyl sites for hydroxylation is 1. The topological polar surface area (TPSA) is 46.9 Å². The van der Waals surface area contributed by atoms with E-state index < -0.39 is 0 Å². The largest absolute Gasteiger partial charge is 0.351 e. The zero-order chi connectivity index (χ0) is 17.0. The van der Waals surface area contributed by atoms with E-state index in [1.807, 2.05) is 48.9 Å². The first-order valence-electron chi connectivity index (χ1n) is 8.31. The molecule has 0 bridgehead atoms. The first-order chi connectivity index (χ1) is 10.9. The molecule has 0 aliphatic rings. The lowest BCUT2D eigenvalue weighted by Gasteiger charge is -2.28. The Morgan fingerprint density at radius 3 is 2.35 bits per heavy atom. The quantitative estimate of drug-likeness (QED) is 0.883. The van der Waals surface area contributed by atoms with Crippen molar-refractivity contribution in [2.45, 2.75) is 59.4 Å². The van der Waals surface area contributed by atoms with Crippen LogP contribution in [-0.2, 0) is 11.2 Å². The average molecular weight is 313 g/mol. The van der Waals surface area contributed by atoms with Gasteiger partial charge in [-0.25, -0.2) is 4.68 Å². The number of aromatic nitrogens is 2. The predicted octanol–water partition coefficient (Wildman–Crippen LogP) is 3.73. The van der Waals surface area contributed by atoms with Gasteiger partial charge < -0.3 is 5.32 Å². The summed E-state index contributed by atoms with van der Waals surface area (Å²) >= 11 is 0. The van der Waals surface area contributed by atoms with E-state index in [1.165, 1.54) is 0 Å². The molecular formula is C19H27N3O. The van der Waals surface area contributed by atoms with Gasteiger partial charge in [-0.1, -0.05) is 32.0 Å². The van der Waals surface area contributed by atoms with Crippen LogP contribution in [0.15, 0.2) is 30.3 Å². The van der Waals surface area contributed by atoms with Gasteiger partial charge in [-0.3, -0.25) is 4.79 Å². The lowest BCUT2D eigenvalue weighted by Crippen LogP contribution is -2.45. The Balaban J connectivity index is 2.22. The number of carbonyl (C=O) groups is 1. The second kappa shape index (κ2) is 6.99. The number of hydrogen-bond acceptors (Lipinski definition) is 2. The molecule has 4 heteroatoms. The number of benzene rings is 1. The summed E-state index contributed by atoms with van der Waals surface area (Å²) in [5, 5.41) is 7.78.